The summed E-state index contributed by atoms with van der Waals surface area (Å²) in [6.07, 6.45) is 2.48. The summed E-state index contributed by atoms with van der Waals surface area (Å²) < 4.78 is 5.93. The Morgan fingerprint density at radius 1 is 1.14 bits per heavy atom. The Morgan fingerprint density at radius 2 is 1.93 bits per heavy atom. The molecule has 0 spiro atoms. The molecule has 6 heteroatoms. The van der Waals surface area contributed by atoms with Gasteiger partial charge in [-0.1, -0.05) is 30.3 Å². The number of fused-ring (bicyclic) bond motifs is 1. The maximum absolute atomic E-state index is 12.4. The van der Waals surface area contributed by atoms with Gasteiger partial charge in [0.15, 0.2) is 0 Å². The van der Waals surface area contributed by atoms with E-state index in [-0.39, 0.29) is 18.4 Å². The van der Waals surface area contributed by atoms with Crippen LogP contribution in [0.15, 0.2) is 60.8 Å². The Hall–Kier alpha value is -3.41. The molecular weight excluding hydrogens is 354 g/mol. The van der Waals surface area contributed by atoms with Crippen LogP contribution in [0.4, 0.5) is 0 Å². The Bertz CT molecular complexity index is 1010. The van der Waals surface area contributed by atoms with Crippen LogP contribution in [0.3, 0.4) is 0 Å². The maximum Gasteiger partial charge on any atom is 0.237 e. The number of pyridine rings is 1. The van der Waals surface area contributed by atoms with E-state index in [9.17, 15) is 9.59 Å². The van der Waals surface area contributed by atoms with Gasteiger partial charge in [0.2, 0.25) is 11.8 Å². The number of primary amides is 1. The average Bonchev–Trinajstić information content (AvgIpc) is 3.06. The average molecular weight is 375 g/mol. The van der Waals surface area contributed by atoms with E-state index >= 15 is 0 Å². The number of rotatable bonds is 6. The van der Waals surface area contributed by atoms with Gasteiger partial charge < -0.3 is 15.4 Å². The number of benzene rings is 2. The van der Waals surface area contributed by atoms with E-state index in [1.165, 1.54) is 4.90 Å². The number of nitrogens with zero attached hydrogens (tertiary/aromatic N) is 2. The van der Waals surface area contributed by atoms with Crippen molar-refractivity contribution in [2.75, 3.05) is 13.1 Å². The second kappa shape index (κ2) is 7.68. The van der Waals surface area contributed by atoms with Gasteiger partial charge in [-0.25, -0.2) is 0 Å². The van der Waals surface area contributed by atoms with E-state index in [2.05, 4.69) is 4.98 Å². The lowest BCUT2D eigenvalue weighted by molar-refractivity contribution is -0.132. The van der Waals surface area contributed by atoms with Crippen molar-refractivity contribution < 1.29 is 14.3 Å². The molecule has 0 aliphatic carbocycles. The summed E-state index contributed by atoms with van der Waals surface area (Å²) in [6.45, 7) is 0.980. The summed E-state index contributed by atoms with van der Waals surface area (Å²) in [7, 11) is 0. The lowest BCUT2D eigenvalue weighted by Crippen LogP contribution is -2.35. The first-order valence-corrected chi connectivity index (χ1v) is 9.24. The summed E-state index contributed by atoms with van der Waals surface area (Å²) in [5.41, 5.74) is 8.15. The van der Waals surface area contributed by atoms with Crippen LogP contribution in [0.1, 0.15) is 23.5 Å². The van der Waals surface area contributed by atoms with Crippen LogP contribution in [-0.4, -0.2) is 34.8 Å². The monoisotopic (exact) mass is 375 g/mol. The SMILES string of the molecule is NC(=O)CN1CCC(c2ccc(OCc3ccnc4ccccc34)cc2)C1=O. The second-order valence-corrected chi connectivity index (χ2v) is 6.91. The molecule has 3 aromatic rings. The minimum absolute atomic E-state index is 0.0174. The van der Waals surface area contributed by atoms with Crippen molar-refractivity contribution in [3.05, 3.63) is 71.9 Å². The molecule has 4 rings (SSSR count). The van der Waals surface area contributed by atoms with Crippen molar-refractivity contribution in [3.63, 3.8) is 0 Å². The first-order chi connectivity index (χ1) is 13.6. The van der Waals surface area contributed by atoms with Crippen LogP contribution in [-0.2, 0) is 16.2 Å². The van der Waals surface area contributed by atoms with Crippen LogP contribution in [0, 0.1) is 0 Å². The molecule has 2 amide bonds. The fourth-order valence-corrected chi connectivity index (χ4v) is 3.63. The van der Waals surface area contributed by atoms with E-state index in [0.717, 1.165) is 27.8 Å². The standard InChI is InChI=1S/C22H21N3O3/c23-21(26)13-25-12-10-19(22(25)27)15-5-7-17(8-6-15)28-14-16-9-11-24-20-4-2-1-3-18(16)20/h1-9,11,19H,10,12-14H2,(H2,23,26). The van der Waals surface area contributed by atoms with Crippen LogP contribution in [0.5, 0.6) is 5.75 Å². The number of hydrogen-bond acceptors (Lipinski definition) is 4. The van der Waals surface area contributed by atoms with E-state index in [0.29, 0.717) is 19.6 Å². The fraction of sp³-hybridized carbons (Fsp3) is 0.227. The third kappa shape index (κ3) is 3.67. The zero-order valence-corrected chi connectivity index (χ0v) is 15.4. The van der Waals surface area contributed by atoms with Gasteiger partial charge in [0.25, 0.3) is 0 Å². The number of para-hydroxylation sites is 1. The maximum atomic E-state index is 12.4. The van der Waals surface area contributed by atoms with Crippen LogP contribution < -0.4 is 10.5 Å². The van der Waals surface area contributed by atoms with Gasteiger partial charge in [-0.15, -0.1) is 0 Å². The number of aromatic nitrogens is 1. The zero-order valence-electron chi connectivity index (χ0n) is 15.4. The molecule has 2 heterocycles. The molecule has 0 bridgehead atoms. The van der Waals surface area contributed by atoms with Crippen molar-refractivity contribution >= 4 is 22.7 Å². The number of carbonyl (C=O) groups excluding carboxylic acids is 2. The number of amides is 2. The van der Waals surface area contributed by atoms with Gasteiger partial charge in [-0.2, -0.15) is 0 Å². The van der Waals surface area contributed by atoms with E-state index in [1.54, 1.807) is 6.20 Å². The number of ether oxygens (including phenoxy) is 1. The lowest BCUT2D eigenvalue weighted by atomic mass is 9.98. The molecule has 1 aliphatic heterocycles. The predicted octanol–water partition coefficient (Wildman–Crippen LogP) is 2.62. The van der Waals surface area contributed by atoms with E-state index in [1.807, 2.05) is 54.6 Å². The van der Waals surface area contributed by atoms with E-state index < -0.39 is 5.91 Å². The van der Waals surface area contributed by atoms with Gasteiger partial charge >= 0.3 is 0 Å². The Kier molecular flexibility index (Phi) is 4.93. The van der Waals surface area contributed by atoms with Crippen LogP contribution >= 0.6 is 0 Å². The molecule has 1 aromatic heterocycles. The smallest absolute Gasteiger partial charge is 0.237 e. The first kappa shape index (κ1) is 18.0. The first-order valence-electron chi connectivity index (χ1n) is 9.24. The number of likely N-dealkylation sites (tertiary alicyclic amines) is 1. The molecule has 2 N–H and O–H groups in total. The number of carbonyl (C=O) groups is 2. The predicted molar refractivity (Wildman–Crippen MR) is 106 cm³/mol. The number of nitrogens with two attached hydrogens (primary N) is 1. The third-order valence-electron chi connectivity index (χ3n) is 5.06. The fourth-order valence-electron chi connectivity index (χ4n) is 3.63. The molecule has 1 fully saturated rings. The van der Waals surface area contributed by atoms with Crippen molar-refractivity contribution in [2.45, 2.75) is 18.9 Å². The van der Waals surface area contributed by atoms with Crippen molar-refractivity contribution in [1.82, 2.24) is 9.88 Å². The summed E-state index contributed by atoms with van der Waals surface area (Å²) in [6, 6.07) is 17.5. The third-order valence-corrected chi connectivity index (χ3v) is 5.06. The molecule has 0 saturated carbocycles. The van der Waals surface area contributed by atoms with Gasteiger partial charge in [0.1, 0.15) is 12.4 Å². The number of hydrogen-bond donors (Lipinski definition) is 1. The molecule has 6 nitrogen and oxygen atoms in total. The van der Waals surface area contributed by atoms with Crippen molar-refractivity contribution in [2.24, 2.45) is 5.73 Å². The molecular formula is C22H21N3O3. The molecule has 1 unspecified atom stereocenters. The minimum atomic E-state index is -0.485. The van der Waals surface area contributed by atoms with Crippen LogP contribution in [0.25, 0.3) is 10.9 Å². The molecule has 142 valence electrons. The van der Waals surface area contributed by atoms with Crippen molar-refractivity contribution in [1.29, 1.82) is 0 Å². The normalized spacial score (nSPS) is 16.5. The van der Waals surface area contributed by atoms with Crippen LogP contribution in [0.2, 0.25) is 0 Å². The van der Waals surface area contributed by atoms with Gasteiger partial charge in [-0.05, 0) is 36.2 Å². The molecule has 1 saturated heterocycles. The Morgan fingerprint density at radius 3 is 2.71 bits per heavy atom. The highest BCUT2D eigenvalue weighted by atomic mass is 16.5. The molecule has 1 aliphatic rings. The highest BCUT2D eigenvalue weighted by molar-refractivity contribution is 5.89. The molecule has 0 radical (unpaired) electrons. The molecule has 2 aromatic carbocycles. The van der Waals surface area contributed by atoms with Gasteiger partial charge in [-0.3, -0.25) is 14.6 Å². The largest absolute Gasteiger partial charge is 0.489 e. The van der Waals surface area contributed by atoms with Gasteiger partial charge in [0.05, 0.1) is 18.0 Å². The Balaban J connectivity index is 1.43. The van der Waals surface area contributed by atoms with Gasteiger partial charge in [0, 0.05) is 23.7 Å². The summed E-state index contributed by atoms with van der Waals surface area (Å²) in [5, 5.41) is 1.08. The summed E-state index contributed by atoms with van der Waals surface area (Å²) in [5.74, 6) is -0.0151. The quantitative estimate of drug-likeness (QED) is 0.718. The zero-order chi connectivity index (χ0) is 19.5. The van der Waals surface area contributed by atoms with Crippen molar-refractivity contribution in [3.8, 4) is 5.75 Å². The lowest BCUT2D eigenvalue weighted by Gasteiger charge is -2.15. The van der Waals surface area contributed by atoms with E-state index in [4.69, 9.17) is 10.5 Å². The Labute approximate surface area is 162 Å². The summed E-state index contributed by atoms with van der Waals surface area (Å²) in [4.78, 5) is 29.4. The topological polar surface area (TPSA) is 85.5 Å². The highest BCUT2D eigenvalue weighted by Crippen LogP contribution is 2.30. The summed E-state index contributed by atoms with van der Waals surface area (Å²) >= 11 is 0. The minimum Gasteiger partial charge on any atom is -0.489 e. The molecule has 28 heavy (non-hydrogen) atoms. The second-order valence-electron chi connectivity index (χ2n) is 6.91. The molecule has 1 atom stereocenters. The highest BCUT2D eigenvalue weighted by Gasteiger charge is 2.33.